The molecule has 3 unspecified atom stereocenters. The van der Waals surface area contributed by atoms with E-state index in [-0.39, 0.29) is 0 Å². The molecule has 2 fully saturated rings. The average molecular weight is 225 g/mol. The third-order valence-electron chi connectivity index (χ3n) is 4.68. The van der Waals surface area contributed by atoms with Gasteiger partial charge < -0.3 is 10.5 Å². The van der Waals surface area contributed by atoms with Crippen molar-refractivity contribution in [3.63, 3.8) is 0 Å². The molecule has 2 N–H and O–H groups in total. The molecule has 0 aromatic heterocycles. The minimum absolute atomic E-state index is 0.805. The van der Waals surface area contributed by atoms with Crippen LogP contribution in [0.2, 0.25) is 0 Å². The van der Waals surface area contributed by atoms with Gasteiger partial charge in [-0.1, -0.05) is 13.3 Å². The van der Waals surface area contributed by atoms with Crippen LogP contribution >= 0.6 is 0 Å². The number of rotatable bonds is 3. The van der Waals surface area contributed by atoms with Gasteiger partial charge in [0.05, 0.1) is 0 Å². The van der Waals surface area contributed by atoms with Gasteiger partial charge in [-0.2, -0.15) is 0 Å². The van der Waals surface area contributed by atoms with Gasteiger partial charge in [0, 0.05) is 13.2 Å². The van der Waals surface area contributed by atoms with Crippen LogP contribution in [-0.4, -0.2) is 19.8 Å². The normalized spacial score (nSPS) is 37.5. The van der Waals surface area contributed by atoms with Crippen LogP contribution in [0.1, 0.15) is 45.4 Å². The summed E-state index contributed by atoms with van der Waals surface area (Å²) in [5.74, 6) is 3.54. The van der Waals surface area contributed by atoms with Gasteiger partial charge in [-0.05, 0) is 62.3 Å². The van der Waals surface area contributed by atoms with Crippen molar-refractivity contribution in [1.82, 2.24) is 0 Å². The molecule has 1 aliphatic heterocycles. The zero-order valence-electron chi connectivity index (χ0n) is 10.7. The molecule has 1 saturated heterocycles. The van der Waals surface area contributed by atoms with Crippen molar-refractivity contribution in [1.29, 1.82) is 0 Å². The molecule has 2 heteroatoms. The molecular formula is C14H27NO. The van der Waals surface area contributed by atoms with Crippen LogP contribution in [0.3, 0.4) is 0 Å². The minimum Gasteiger partial charge on any atom is -0.381 e. The lowest BCUT2D eigenvalue weighted by Crippen LogP contribution is -2.32. The van der Waals surface area contributed by atoms with Crippen LogP contribution in [-0.2, 0) is 4.74 Å². The van der Waals surface area contributed by atoms with Crippen molar-refractivity contribution >= 4 is 0 Å². The molecule has 94 valence electrons. The van der Waals surface area contributed by atoms with Gasteiger partial charge in [-0.3, -0.25) is 0 Å². The Hall–Kier alpha value is -0.0800. The molecule has 0 spiro atoms. The third-order valence-corrected chi connectivity index (χ3v) is 4.68. The highest BCUT2D eigenvalue weighted by Gasteiger charge is 2.30. The molecule has 2 nitrogen and oxygen atoms in total. The van der Waals surface area contributed by atoms with Gasteiger partial charge in [-0.15, -0.1) is 0 Å². The zero-order chi connectivity index (χ0) is 11.4. The summed E-state index contributed by atoms with van der Waals surface area (Å²) in [5, 5.41) is 0. The van der Waals surface area contributed by atoms with Crippen LogP contribution in [0.25, 0.3) is 0 Å². The standard InChI is InChI=1S/C14H27NO/c1-11-2-3-13(10-15)14(8-11)9-12-4-6-16-7-5-12/h11-14H,2-10,15H2,1H3. The van der Waals surface area contributed by atoms with Crippen molar-refractivity contribution in [2.45, 2.75) is 45.4 Å². The summed E-state index contributed by atoms with van der Waals surface area (Å²) in [7, 11) is 0. The number of nitrogens with two attached hydrogens (primary N) is 1. The van der Waals surface area contributed by atoms with E-state index in [1.165, 1.54) is 38.5 Å². The van der Waals surface area contributed by atoms with Crippen molar-refractivity contribution in [2.24, 2.45) is 29.4 Å². The second-order valence-electron chi connectivity index (χ2n) is 5.97. The van der Waals surface area contributed by atoms with Crippen LogP contribution in [0, 0.1) is 23.7 Å². The smallest absolute Gasteiger partial charge is 0.0468 e. The topological polar surface area (TPSA) is 35.2 Å². The summed E-state index contributed by atoms with van der Waals surface area (Å²) >= 11 is 0. The monoisotopic (exact) mass is 225 g/mol. The van der Waals surface area contributed by atoms with E-state index in [1.54, 1.807) is 0 Å². The number of hydrogen-bond acceptors (Lipinski definition) is 2. The van der Waals surface area contributed by atoms with Crippen LogP contribution in [0.5, 0.6) is 0 Å². The SMILES string of the molecule is CC1CCC(CN)C(CC2CCOCC2)C1. The summed E-state index contributed by atoms with van der Waals surface area (Å²) in [5.41, 5.74) is 5.92. The quantitative estimate of drug-likeness (QED) is 0.801. The second kappa shape index (κ2) is 6.02. The third kappa shape index (κ3) is 3.21. The van der Waals surface area contributed by atoms with E-state index >= 15 is 0 Å². The molecule has 0 aromatic rings. The Bertz CT molecular complexity index is 201. The molecule has 0 bridgehead atoms. The molecular weight excluding hydrogens is 198 g/mol. The highest BCUT2D eigenvalue weighted by atomic mass is 16.5. The van der Waals surface area contributed by atoms with Gasteiger partial charge >= 0.3 is 0 Å². The average Bonchev–Trinajstić information content (AvgIpc) is 2.31. The van der Waals surface area contributed by atoms with E-state index in [2.05, 4.69) is 6.92 Å². The Morgan fingerprint density at radius 2 is 1.81 bits per heavy atom. The first-order chi connectivity index (χ1) is 7.79. The van der Waals surface area contributed by atoms with Gasteiger partial charge in [0.2, 0.25) is 0 Å². The summed E-state index contributed by atoms with van der Waals surface area (Å²) in [6, 6.07) is 0. The highest BCUT2D eigenvalue weighted by Crippen LogP contribution is 2.38. The highest BCUT2D eigenvalue weighted by molar-refractivity contribution is 4.81. The van der Waals surface area contributed by atoms with Gasteiger partial charge in [0.1, 0.15) is 0 Å². The molecule has 1 saturated carbocycles. The lowest BCUT2D eigenvalue weighted by Gasteiger charge is -2.37. The van der Waals surface area contributed by atoms with Crippen molar-refractivity contribution < 1.29 is 4.74 Å². The van der Waals surface area contributed by atoms with Crippen molar-refractivity contribution in [2.75, 3.05) is 19.8 Å². The van der Waals surface area contributed by atoms with E-state index in [9.17, 15) is 0 Å². The molecule has 1 heterocycles. The van der Waals surface area contributed by atoms with Gasteiger partial charge in [0.15, 0.2) is 0 Å². The molecule has 0 amide bonds. The number of ether oxygens (including phenoxy) is 1. The number of hydrogen-bond donors (Lipinski definition) is 1. The fourth-order valence-corrected chi connectivity index (χ4v) is 3.57. The Labute approximate surface area is 99.9 Å². The fourth-order valence-electron chi connectivity index (χ4n) is 3.57. The Kier molecular flexibility index (Phi) is 4.66. The second-order valence-corrected chi connectivity index (χ2v) is 5.97. The predicted molar refractivity (Wildman–Crippen MR) is 67.2 cm³/mol. The van der Waals surface area contributed by atoms with E-state index in [0.29, 0.717) is 0 Å². The van der Waals surface area contributed by atoms with Crippen molar-refractivity contribution in [3.05, 3.63) is 0 Å². The molecule has 2 aliphatic rings. The largest absolute Gasteiger partial charge is 0.381 e. The first kappa shape index (κ1) is 12.4. The minimum atomic E-state index is 0.805. The Balaban J connectivity index is 1.84. The maximum atomic E-state index is 5.92. The van der Waals surface area contributed by atoms with E-state index < -0.39 is 0 Å². The molecule has 2 rings (SSSR count). The first-order valence-corrected chi connectivity index (χ1v) is 7.07. The maximum Gasteiger partial charge on any atom is 0.0468 e. The molecule has 16 heavy (non-hydrogen) atoms. The van der Waals surface area contributed by atoms with E-state index in [0.717, 1.165) is 43.4 Å². The van der Waals surface area contributed by atoms with Crippen LogP contribution < -0.4 is 5.73 Å². The van der Waals surface area contributed by atoms with Gasteiger partial charge in [-0.25, -0.2) is 0 Å². The Morgan fingerprint density at radius 3 is 2.50 bits per heavy atom. The van der Waals surface area contributed by atoms with E-state index in [1.807, 2.05) is 0 Å². The van der Waals surface area contributed by atoms with Crippen molar-refractivity contribution in [3.8, 4) is 0 Å². The lowest BCUT2D eigenvalue weighted by molar-refractivity contribution is 0.0480. The fraction of sp³-hybridized carbons (Fsp3) is 1.00. The summed E-state index contributed by atoms with van der Waals surface area (Å²) in [6.45, 7) is 5.28. The predicted octanol–water partition coefficient (Wildman–Crippen LogP) is 2.81. The summed E-state index contributed by atoms with van der Waals surface area (Å²) < 4.78 is 5.44. The molecule has 1 aliphatic carbocycles. The first-order valence-electron chi connectivity index (χ1n) is 7.07. The zero-order valence-corrected chi connectivity index (χ0v) is 10.7. The molecule has 0 radical (unpaired) electrons. The van der Waals surface area contributed by atoms with Crippen LogP contribution in [0.4, 0.5) is 0 Å². The summed E-state index contributed by atoms with van der Waals surface area (Å²) in [4.78, 5) is 0. The summed E-state index contributed by atoms with van der Waals surface area (Å²) in [6.07, 6.45) is 8.15. The van der Waals surface area contributed by atoms with E-state index in [4.69, 9.17) is 10.5 Å². The maximum absolute atomic E-state index is 5.92. The molecule has 3 atom stereocenters. The van der Waals surface area contributed by atoms with Crippen LogP contribution in [0.15, 0.2) is 0 Å². The lowest BCUT2D eigenvalue weighted by atomic mass is 9.70. The molecule has 0 aromatic carbocycles. The van der Waals surface area contributed by atoms with Gasteiger partial charge in [0.25, 0.3) is 0 Å². The Morgan fingerprint density at radius 1 is 1.06 bits per heavy atom.